The van der Waals surface area contributed by atoms with Crippen LogP contribution in [0.25, 0.3) is 0 Å². The van der Waals surface area contributed by atoms with Gasteiger partial charge in [0.15, 0.2) is 0 Å². The van der Waals surface area contributed by atoms with E-state index < -0.39 is 5.92 Å². The molecular formula is C22H27F2N5O2. The van der Waals surface area contributed by atoms with Crippen molar-refractivity contribution in [1.82, 2.24) is 9.88 Å². The molecule has 1 aliphatic carbocycles. The molecule has 1 saturated carbocycles. The molecular weight excluding hydrogens is 404 g/mol. The molecule has 0 atom stereocenters. The van der Waals surface area contributed by atoms with Gasteiger partial charge in [-0.05, 0) is 37.8 Å². The average Bonchev–Trinajstić information content (AvgIpc) is 3.59. The molecule has 1 aliphatic heterocycles. The van der Waals surface area contributed by atoms with Crippen LogP contribution in [0.4, 0.5) is 20.2 Å². The SMILES string of the molecule is CC(F)(F)c1ccc(N(c2cnccc2OC2CC2)C2CCN(/C(N)=N/O)CC2)cc1. The van der Waals surface area contributed by atoms with Crippen LogP contribution in [0.1, 0.15) is 38.2 Å². The minimum absolute atomic E-state index is 0.0291. The van der Waals surface area contributed by atoms with E-state index in [0.717, 1.165) is 49.7 Å². The van der Waals surface area contributed by atoms with Crippen LogP contribution in [0.15, 0.2) is 47.9 Å². The van der Waals surface area contributed by atoms with Gasteiger partial charge in [-0.15, -0.1) is 0 Å². The number of ether oxygens (including phenoxy) is 1. The zero-order valence-corrected chi connectivity index (χ0v) is 17.4. The summed E-state index contributed by atoms with van der Waals surface area (Å²) in [7, 11) is 0. The maximum absolute atomic E-state index is 13.7. The standard InChI is InChI=1S/C22H27F2N5O2/c1-22(23,24)15-2-4-16(5-3-15)29(17-9-12-28(13-10-17)21(25)27-30)19-14-26-11-8-20(19)31-18-6-7-18/h2-5,8,11,14,17-18,30H,6-7,9-10,12-13H2,1H3,(H2,25,27). The number of guanidine groups is 1. The van der Waals surface area contributed by atoms with Crippen LogP contribution in [0.3, 0.4) is 0 Å². The van der Waals surface area contributed by atoms with E-state index in [1.165, 1.54) is 12.1 Å². The monoisotopic (exact) mass is 431 g/mol. The Labute approximate surface area is 180 Å². The van der Waals surface area contributed by atoms with E-state index in [9.17, 15) is 8.78 Å². The normalized spacial score (nSPS) is 18.2. The third-order valence-electron chi connectivity index (χ3n) is 5.75. The summed E-state index contributed by atoms with van der Waals surface area (Å²) in [4.78, 5) is 8.24. The van der Waals surface area contributed by atoms with E-state index in [1.54, 1.807) is 24.5 Å². The van der Waals surface area contributed by atoms with Crippen LogP contribution in [0.2, 0.25) is 0 Å². The first-order valence-electron chi connectivity index (χ1n) is 10.5. The van der Waals surface area contributed by atoms with Crippen LogP contribution < -0.4 is 15.4 Å². The van der Waals surface area contributed by atoms with Crippen LogP contribution in [-0.4, -0.2) is 46.3 Å². The van der Waals surface area contributed by atoms with Gasteiger partial charge in [-0.25, -0.2) is 8.78 Å². The highest BCUT2D eigenvalue weighted by atomic mass is 19.3. The van der Waals surface area contributed by atoms with Gasteiger partial charge in [0.25, 0.3) is 5.92 Å². The molecule has 31 heavy (non-hydrogen) atoms. The summed E-state index contributed by atoms with van der Waals surface area (Å²) in [5.74, 6) is -2.07. The van der Waals surface area contributed by atoms with Crippen molar-refractivity contribution in [2.75, 3.05) is 18.0 Å². The Kier molecular flexibility index (Phi) is 5.84. The zero-order chi connectivity index (χ0) is 22.0. The molecule has 3 N–H and O–H groups in total. The molecule has 2 aliphatic rings. The molecule has 0 radical (unpaired) electrons. The number of nitrogens with two attached hydrogens (primary N) is 1. The second kappa shape index (κ2) is 8.56. The van der Waals surface area contributed by atoms with Crippen LogP contribution in [0, 0.1) is 0 Å². The van der Waals surface area contributed by atoms with Gasteiger partial charge >= 0.3 is 0 Å². The number of likely N-dealkylation sites (tertiary alicyclic amines) is 1. The quantitative estimate of drug-likeness (QED) is 0.311. The van der Waals surface area contributed by atoms with Gasteiger partial charge in [-0.3, -0.25) is 4.98 Å². The first-order valence-corrected chi connectivity index (χ1v) is 10.5. The van der Waals surface area contributed by atoms with Crippen molar-refractivity contribution in [3.05, 3.63) is 48.3 Å². The number of oxime groups is 1. The summed E-state index contributed by atoms with van der Waals surface area (Å²) in [6.07, 6.45) is 7.20. The van der Waals surface area contributed by atoms with E-state index in [-0.39, 0.29) is 23.7 Å². The number of hydrogen-bond acceptors (Lipinski definition) is 5. The molecule has 1 saturated heterocycles. The zero-order valence-electron chi connectivity index (χ0n) is 17.4. The molecule has 1 aromatic carbocycles. The maximum atomic E-state index is 13.7. The Morgan fingerprint density at radius 2 is 1.87 bits per heavy atom. The van der Waals surface area contributed by atoms with E-state index in [1.807, 2.05) is 11.0 Å². The average molecular weight is 431 g/mol. The molecule has 0 amide bonds. The Morgan fingerprint density at radius 1 is 1.19 bits per heavy atom. The van der Waals surface area contributed by atoms with Crippen LogP contribution in [0.5, 0.6) is 5.75 Å². The highest BCUT2D eigenvalue weighted by molar-refractivity contribution is 5.77. The number of halogens is 2. The summed E-state index contributed by atoms with van der Waals surface area (Å²) >= 11 is 0. The van der Waals surface area contributed by atoms with Gasteiger partial charge in [0.05, 0.1) is 12.3 Å². The lowest BCUT2D eigenvalue weighted by Crippen LogP contribution is -2.48. The molecule has 0 bridgehead atoms. The largest absolute Gasteiger partial charge is 0.488 e. The topological polar surface area (TPSA) is 87.2 Å². The maximum Gasteiger partial charge on any atom is 0.270 e. The Balaban J connectivity index is 1.67. The molecule has 2 heterocycles. The second-order valence-corrected chi connectivity index (χ2v) is 8.14. The number of nitrogens with zero attached hydrogens (tertiary/aromatic N) is 4. The molecule has 0 unspecified atom stereocenters. The smallest absolute Gasteiger partial charge is 0.270 e. The summed E-state index contributed by atoms with van der Waals surface area (Å²) in [5, 5.41) is 12.1. The fourth-order valence-electron chi connectivity index (χ4n) is 3.90. The molecule has 0 spiro atoms. The number of anilines is 2. The van der Waals surface area contributed by atoms with Crippen molar-refractivity contribution >= 4 is 17.3 Å². The van der Waals surface area contributed by atoms with Crippen molar-refractivity contribution in [1.29, 1.82) is 0 Å². The highest BCUT2D eigenvalue weighted by Crippen LogP contribution is 2.40. The minimum Gasteiger partial charge on any atom is -0.488 e. The highest BCUT2D eigenvalue weighted by Gasteiger charge is 2.31. The lowest BCUT2D eigenvalue weighted by molar-refractivity contribution is 0.0175. The number of hydrogen-bond donors (Lipinski definition) is 2. The molecule has 1 aromatic heterocycles. The van der Waals surface area contributed by atoms with Gasteiger partial charge < -0.3 is 25.5 Å². The number of piperidine rings is 1. The van der Waals surface area contributed by atoms with Crippen molar-refractivity contribution in [2.45, 2.75) is 50.7 Å². The summed E-state index contributed by atoms with van der Waals surface area (Å²) in [6.45, 7) is 2.12. The fraction of sp³-hybridized carbons (Fsp3) is 0.455. The predicted molar refractivity (Wildman–Crippen MR) is 114 cm³/mol. The molecule has 7 nitrogen and oxygen atoms in total. The summed E-state index contributed by atoms with van der Waals surface area (Å²) in [5.41, 5.74) is 7.32. The molecule has 166 valence electrons. The Hall–Kier alpha value is -3.10. The lowest BCUT2D eigenvalue weighted by atomic mass is 10.0. The number of rotatable bonds is 6. The number of benzene rings is 1. The fourth-order valence-corrected chi connectivity index (χ4v) is 3.90. The van der Waals surface area contributed by atoms with Crippen molar-refractivity contribution in [2.24, 2.45) is 10.9 Å². The van der Waals surface area contributed by atoms with Crippen molar-refractivity contribution < 1.29 is 18.7 Å². The van der Waals surface area contributed by atoms with Gasteiger partial charge in [0.1, 0.15) is 11.4 Å². The van der Waals surface area contributed by atoms with Crippen molar-refractivity contribution in [3.63, 3.8) is 0 Å². The summed E-state index contributed by atoms with van der Waals surface area (Å²) in [6, 6.07) is 8.28. The van der Waals surface area contributed by atoms with E-state index >= 15 is 0 Å². The van der Waals surface area contributed by atoms with Gasteiger partial charge in [-0.2, -0.15) is 0 Å². The third-order valence-corrected chi connectivity index (χ3v) is 5.75. The number of pyridine rings is 1. The number of alkyl halides is 2. The first kappa shape index (κ1) is 21.1. The first-order chi connectivity index (χ1) is 14.9. The van der Waals surface area contributed by atoms with E-state index in [0.29, 0.717) is 13.1 Å². The lowest BCUT2D eigenvalue weighted by Gasteiger charge is -2.40. The Bertz CT molecular complexity index is 920. The molecule has 2 aromatic rings. The van der Waals surface area contributed by atoms with Gasteiger partial charge in [0, 0.05) is 49.6 Å². The predicted octanol–water partition coefficient (Wildman–Crippen LogP) is 4.04. The molecule has 4 rings (SSSR count). The molecule has 2 fully saturated rings. The van der Waals surface area contributed by atoms with E-state index in [2.05, 4.69) is 15.0 Å². The number of aromatic nitrogens is 1. The van der Waals surface area contributed by atoms with E-state index in [4.69, 9.17) is 15.7 Å². The minimum atomic E-state index is -2.90. The van der Waals surface area contributed by atoms with Gasteiger partial charge in [0.2, 0.25) is 5.96 Å². The third kappa shape index (κ3) is 4.81. The van der Waals surface area contributed by atoms with Crippen LogP contribution >= 0.6 is 0 Å². The van der Waals surface area contributed by atoms with Gasteiger partial charge in [-0.1, -0.05) is 17.3 Å². The second-order valence-electron chi connectivity index (χ2n) is 8.14. The summed E-state index contributed by atoms with van der Waals surface area (Å²) < 4.78 is 33.6. The molecule has 9 heteroatoms. The Morgan fingerprint density at radius 3 is 2.45 bits per heavy atom. The van der Waals surface area contributed by atoms with Crippen molar-refractivity contribution in [3.8, 4) is 5.75 Å². The van der Waals surface area contributed by atoms with Crippen LogP contribution in [-0.2, 0) is 5.92 Å².